The van der Waals surface area contributed by atoms with Gasteiger partial charge < -0.3 is 4.43 Å². The summed E-state index contributed by atoms with van der Waals surface area (Å²) in [5, 5.41) is 0. The second-order valence-corrected chi connectivity index (χ2v) is 8.11. The highest BCUT2D eigenvalue weighted by atomic mass is 79.9. The Morgan fingerprint density at radius 3 is 1.75 bits per heavy atom. The molecule has 12 heavy (non-hydrogen) atoms. The first kappa shape index (κ1) is 12.7. The average molecular weight is 253 g/mol. The first-order chi connectivity index (χ1) is 5.23. The highest BCUT2D eigenvalue weighted by Crippen LogP contribution is 2.42. The number of hydrogen-bond acceptors (Lipinski definition) is 1. The van der Waals surface area contributed by atoms with Gasteiger partial charge in [-0.05, 0) is 24.9 Å². The van der Waals surface area contributed by atoms with Crippen molar-refractivity contribution in [2.75, 3.05) is 0 Å². The third-order valence-corrected chi connectivity index (χ3v) is 5.15. The smallest absolute Gasteiger partial charge is 0.172 e. The molecule has 0 aliphatic rings. The molecule has 0 aliphatic carbocycles. The molecule has 0 heterocycles. The van der Waals surface area contributed by atoms with E-state index >= 15 is 0 Å². The van der Waals surface area contributed by atoms with Crippen LogP contribution in [-0.4, -0.2) is 13.6 Å². The lowest BCUT2D eigenvalue weighted by molar-refractivity contribution is 0.0553. The van der Waals surface area contributed by atoms with E-state index in [1.54, 1.807) is 0 Å². The normalized spacial score (nSPS) is 18.0. The summed E-state index contributed by atoms with van der Waals surface area (Å²) in [6.07, 6.45) is 1.02. The quantitative estimate of drug-likeness (QED) is 0.552. The molecule has 1 unspecified atom stereocenters. The fourth-order valence-corrected chi connectivity index (χ4v) is 3.55. The zero-order valence-electron chi connectivity index (χ0n) is 9.07. The monoisotopic (exact) mass is 252 g/mol. The zero-order chi connectivity index (χ0) is 9.99. The van der Waals surface area contributed by atoms with Crippen LogP contribution in [0.3, 0.4) is 0 Å². The largest absolute Gasteiger partial charge is 0.405 e. The fraction of sp³-hybridized carbons (Fsp3) is 1.00. The Bertz CT molecular complexity index is 142. The van der Waals surface area contributed by atoms with Gasteiger partial charge >= 0.3 is 0 Å². The Labute approximate surface area is 86.7 Å². The first-order valence-electron chi connectivity index (χ1n) is 4.59. The summed E-state index contributed by atoms with van der Waals surface area (Å²) < 4.78 is 5.88. The predicted octanol–water partition coefficient (Wildman–Crippen LogP) is 3.53. The molecule has 0 saturated carbocycles. The van der Waals surface area contributed by atoms with Crippen molar-refractivity contribution in [3.63, 3.8) is 0 Å². The van der Waals surface area contributed by atoms with Gasteiger partial charge in [-0.3, -0.25) is 0 Å². The highest BCUT2D eigenvalue weighted by Gasteiger charge is 2.39. The molecule has 0 saturated heterocycles. The third-order valence-electron chi connectivity index (χ3n) is 2.00. The fourth-order valence-electron chi connectivity index (χ4n) is 1.16. The van der Waals surface area contributed by atoms with Crippen molar-refractivity contribution in [3.05, 3.63) is 0 Å². The third kappa shape index (κ3) is 3.19. The first-order valence-corrected chi connectivity index (χ1v) is 8.17. The molecule has 0 radical (unpaired) electrons. The maximum Gasteiger partial charge on any atom is 0.172 e. The van der Waals surface area contributed by atoms with E-state index in [4.69, 9.17) is 4.43 Å². The van der Waals surface area contributed by atoms with Crippen molar-refractivity contribution >= 4 is 25.0 Å². The summed E-state index contributed by atoms with van der Waals surface area (Å²) in [6.45, 7) is 13.2. The van der Waals surface area contributed by atoms with Crippen LogP contribution in [0.15, 0.2) is 0 Å². The number of hydrogen-bond donors (Lipinski definition) is 0. The lowest BCUT2D eigenvalue weighted by Crippen LogP contribution is -2.41. The van der Waals surface area contributed by atoms with E-state index in [1.165, 1.54) is 0 Å². The second kappa shape index (κ2) is 4.25. The summed E-state index contributed by atoms with van der Waals surface area (Å²) in [7, 11) is -0.960. The van der Waals surface area contributed by atoms with Crippen LogP contribution in [0.4, 0.5) is 0 Å². The van der Waals surface area contributed by atoms with Crippen molar-refractivity contribution in [2.24, 2.45) is 5.41 Å². The Hall–Kier alpha value is 0.657. The van der Waals surface area contributed by atoms with Crippen LogP contribution in [0.1, 0.15) is 34.1 Å². The van der Waals surface area contributed by atoms with Gasteiger partial charge in [0, 0.05) is 0 Å². The van der Waals surface area contributed by atoms with Crippen LogP contribution < -0.4 is 0 Å². The summed E-state index contributed by atoms with van der Waals surface area (Å²) in [4.78, 5) is 0. The van der Waals surface area contributed by atoms with Crippen molar-refractivity contribution < 1.29 is 4.43 Å². The lowest BCUT2D eigenvalue weighted by atomic mass is 9.87. The van der Waals surface area contributed by atoms with Gasteiger partial charge in [0.1, 0.15) is 4.51 Å². The molecular weight excluding hydrogens is 232 g/mol. The predicted molar refractivity (Wildman–Crippen MR) is 61.4 cm³/mol. The molecule has 0 rings (SSSR count). The Morgan fingerprint density at radius 1 is 1.25 bits per heavy atom. The minimum Gasteiger partial charge on any atom is -0.405 e. The summed E-state index contributed by atoms with van der Waals surface area (Å²) in [5.74, 6) is 0. The van der Waals surface area contributed by atoms with E-state index in [1.807, 2.05) is 0 Å². The summed E-state index contributed by atoms with van der Waals surface area (Å²) in [6, 6.07) is 0. The SMILES string of the molecule is CCC(Br)(O[SiH](C)C)C(C)(C)C. The molecule has 0 N–H and O–H groups in total. The maximum absolute atomic E-state index is 6.01. The van der Waals surface area contributed by atoms with Gasteiger partial charge in [0.15, 0.2) is 9.04 Å². The topological polar surface area (TPSA) is 9.23 Å². The molecule has 74 valence electrons. The summed E-state index contributed by atoms with van der Waals surface area (Å²) in [5.41, 5.74) is 0.166. The standard InChI is InChI=1S/C9H21BrOSi/c1-7-9(10,8(2,3)4)11-12(5)6/h12H,7H2,1-6H3. The molecule has 0 aromatic rings. The highest BCUT2D eigenvalue weighted by molar-refractivity contribution is 9.10. The van der Waals surface area contributed by atoms with Crippen LogP contribution >= 0.6 is 15.9 Å². The molecule has 0 aliphatic heterocycles. The van der Waals surface area contributed by atoms with Gasteiger partial charge in [-0.25, -0.2) is 0 Å². The Balaban J connectivity index is 4.46. The van der Waals surface area contributed by atoms with Gasteiger partial charge in [-0.1, -0.05) is 43.6 Å². The van der Waals surface area contributed by atoms with Gasteiger partial charge in [0.05, 0.1) is 0 Å². The van der Waals surface area contributed by atoms with E-state index < -0.39 is 9.04 Å². The van der Waals surface area contributed by atoms with E-state index in [2.05, 4.69) is 56.7 Å². The minimum absolute atomic E-state index is 0.125. The molecule has 1 atom stereocenters. The number of halogens is 1. The molecule has 1 nitrogen and oxygen atoms in total. The maximum atomic E-state index is 6.01. The van der Waals surface area contributed by atoms with Gasteiger partial charge in [-0.15, -0.1) is 0 Å². The number of alkyl halides is 1. The second-order valence-electron chi connectivity index (χ2n) is 4.50. The van der Waals surface area contributed by atoms with Crippen molar-refractivity contribution in [1.82, 2.24) is 0 Å². The molecule has 0 bridgehead atoms. The molecule has 0 aromatic carbocycles. The molecular formula is C9H21BrOSi. The lowest BCUT2D eigenvalue weighted by Gasteiger charge is -2.41. The molecule has 3 heteroatoms. The van der Waals surface area contributed by atoms with Crippen LogP contribution in [0.5, 0.6) is 0 Å². The van der Waals surface area contributed by atoms with Gasteiger partial charge in [0.2, 0.25) is 0 Å². The molecule has 0 aromatic heterocycles. The molecule has 0 amide bonds. The zero-order valence-corrected chi connectivity index (χ0v) is 11.8. The number of rotatable bonds is 3. The Morgan fingerprint density at radius 2 is 1.67 bits per heavy atom. The summed E-state index contributed by atoms with van der Waals surface area (Å²) >= 11 is 3.72. The van der Waals surface area contributed by atoms with Crippen molar-refractivity contribution in [3.8, 4) is 0 Å². The van der Waals surface area contributed by atoms with Crippen LogP contribution in [0.25, 0.3) is 0 Å². The van der Waals surface area contributed by atoms with Gasteiger partial charge in [0.25, 0.3) is 0 Å². The van der Waals surface area contributed by atoms with Crippen LogP contribution in [0, 0.1) is 5.41 Å². The van der Waals surface area contributed by atoms with Gasteiger partial charge in [-0.2, -0.15) is 0 Å². The Kier molecular flexibility index (Phi) is 4.48. The van der Waals surface area contributed by atoms with E-state index in [9.17, 15) is 0 Å². The minimum atomic E-state index is -0.960. The van der Waals surface area contributed by atoms with Crippen LogP contribution in [-0.2, 0) is 4.43 Å². The van der Waals surface area contributed by atoms with E-state index in [0.29, 0.717) is 0 Å². The molecule has 0 spiro atoms. The van der Waals surface area contributed by atoms with E-state index in [0.717, 1.165) is 6.42 Å². The van der Waals surface area contributed by atoms with E-state index in [-0.39, 0.29) is 9.93 Å². The average Bonchev–Trinajstić information content (AvgIpc) is 1.83. The van der Waals surface area contributed by atoms with Crippen molar-refractivity contribution in [2.45, 2.75) is 51.7 Å². The molecule has 0 fully saturated rings. The van der Waals surface area contributed by atoms with Crippen LogP contribution in [0.2, 0.25) is 13.1 Å². The van der Waals surface area contributed by atoms with Crippen molar-refractivity contribution in [1.29, 1.82) is 0 Å².